The highest BCUT2D eigenvalue weighted by molar-refractivity contribution is 5.93. The molecule has 0 fully saturated rings. The zero-order chi connectivity index (χ0) is 11.3. The zero-order valence-corrected chi connectivity index (χ0v) is 8.86. The lowest BCUT2D eigenvalue weighted by Crippen LogP contribution is -2.34. The third-order valence-electron chi connectivity index (χ3n) is 2.09. The molecule has 0 aliphatic heterocycles. The number of amides is 1. The Morgan fingerprint density at radius 1 is 1.60 bits per heavy atom. The van der Waals surface area contributed by atoms with E-state index in [0.717, 1.165) is 6.42 Å². The first-order valence-electron chi connectivity index (χ1n) is 5.03. The molecule has 0 unspecified atom stereocenters. The molecule has 15 heavy (non-hydrogen) atoms. The number of nitrogens with zero attached hydrogens (tertiary/aromatic N) is 1. The average molecular weight is 211 g/mol. The van der Waals surface area contributed by atoms with Gasteiger partial charge >= 0.3 is 0 Å². The lowest BCUT2D eigenvalue weighted by atomic mass is 10.3. The van der Waals surface area contributed by atoms with Crippen LogP contribution in [-0.2, 0) is 0 Å². The molecule has 0 spiro atoms. The van der Waals surface area contributed by atoms with Gasteiger partial charge in [0.05, 0.1) is 6.61 Å². The SMILES string of the molecule is CCCN(CCO)C(=O)c1cc(N)c[nH]1. The van der Waals surface area contributed by atoms with Gasteiger partial charge in [-0.05, 0) is 12.5 Å². The molecule has 0 aliphatic carbocycles. The molecule has 0 saturated heterocycles. The van der Waals surface area contributed by atoms with E-state index in [0.29, 0.717) is 24.5 Å². The monoisotopic (exact) mass is 211 g/mol. The minimum Gasteiger partial charge on any atom is -0.397 e. The molecule has 0 saturated carbocycles. The quantitative estimate of drug-likeness (QED) is 0.661. The number of hydrogen-bond donors (Lipinski definition) is 3. The number of rotatable bonds is 5. The van der Waals surface area contributed by atoms with E-state index in [-0.39, 0.29) is 12.5 Å². The normalized spacial score (nSPS) is 10.3. The Morgan fingerprint density at radius 2 is 2.33 bits per heavy atom. The van der Waals surface area contributed by atoms with Crippen LogP contribution in [0.15, 0.2) is 12.3 Å². The first-order valence-corrected chi connectivity index (χ1v) is 5.03. The Kier molecular flexibility index (Phi) is 4.17. The summed E-state index contributed by atoms with van der Waals surface area (Å²) in [6, 6.07) is 1.60. The van der Waals surface area contributed by atoms with Crippen LogP contribution in [0.1, 0.15) is 23.8 Å². The van der Waals surface area contributed by atoms with Gasteiger partial charge in [0.25, 0.3) is 5.91 Å². The van der Waals surface area contributed by atoms with Gasteiger partial charge in [-0.1, -0.05) is 6.92 Å². The van der Waals surface area contributed by atoms with Gasteiger partial charge in [0.2, 0.25) is 0 Å². The number of aromatic amines is 1. The van der Waals surface area contributed by atoms with E-state index < -0.39 is 0 Å². The van der Waals surface area contributed by atoms with Crippen molar-refractivity contribution in [3.63, 3.8) is 0 Å². The van der Waals surface area contributed by atoms with Gasteiger partial charge < -0.3 is 20.7 Å². The summed E-state index contributed by atoms with van der Waals surface area (Å²) in [5.41, 5.74) is 6.52. The molecule has 5 nitrogen and oxygen atoms in total. The molecule has 1 aromatic rings. The standard InChI is InChI=1S/C10H17N3O2/c1-2-3-13(4-5-14)10(15)9-6-8(11)7-12-9/h6-7,12,14H,2-5,11H2,1H3. The lowest BCUT2D eigenvalue weighted by molar-refractivity contribution is 0.0717. The van der Waals surface area contributed by atoms with E-state index in [1.54, 1.807) is 17.2 Å². The number of carbonyl (C=O) groups is 1. The van der Waals surface area contributed by atoms with Crippen molar-refractivity contribution in [3.8, 4) is 0 Å². The number of anilines is 1. The van der Waals surface area contributed by atoms with Gasteiger partial charge in [0.1, 0.15) is 5.69 Å². The van der Waals surface area contributed by atoms with Crippen LogP contribution in [0.3, 0.4) is 0 Å². The van der Waals surface area contributed by atoms with Crippen LogP contribution >= 0.6 is 0 Å². The predicted molar refractivity (Wildman–Crippen MR) is 58.5 cm³/mol. The van der Waals surface area contributed by atoms with E-state index in [1.165, 1.54) is 0 Å². The highest BCUT2D eigenvalue weighted by atomic mass is 16.3. The molecule has 1 amide bonds. The fraction of sp³-hybridized carbons (Fsp3) is 0.500. The second kappa shape index (κ2) is 5.41. The van der Waals surface area contributed by atoms with Crippen molar-refractivity contribution in [2.75, 3.05) is 25.4 Å². The predicted octanol–water partition coefficient (Wildman–Crippen LogP) is 0.441. The molecule has 5 heteroatoms. The molecule has 1 rings (SSSR count). The first-order chi connectivity index (χ1) is 7.19. The second-order valence-electron chi connectivity index (χ2n) is 3.36. The summed E-state index contributed by atoms with van der Waals surface area (Å²) in [5, 5.41) is 8.84. The number of nitrogens with one attached hydrogen (secondary N) is 1. The van der Waals surface area contributed by atoms with Crippen molar-refractivity contribution < 1.29 is 9.90 Å². The van der Waals surface area contributed by atoms with E-state index in [2.05, 4.69) is 4.98 Å². The Bertz CT molecular complexity index is 316. The van der Waals surface area contributed by atoms with Crippen molar-refractivity contribution in [2.45, 2.75) is 13.3 Å². The maximum absolute atomic E-state index is 11.9. The minimum atomic E-state index is -0.123. The largest absolute Gasteiger partial charge is 0.397 e. The summed E-state index contributed by atoms with van der Waals surface area (Å²) < 4.78 is 0. The molecule has 84 valence electrons. The first kappa shape index (κ1) is 11.6. The highest BCUT2D eigenvalue weighted by Gasteiger charge is 2.15. The van der Waals surface area contributed by atoms with E-state index in [1.807, 2.05) is 6.92 Å². The van der Waals surface area contributed by atoms with E-state index >= 15 is 0 Å². The van der Waals surface area contributed by atoms with Crippen LogP contribution in [0, 0.1) is 0 Å². The molecule has 0 radical (unpaired) electrons. The third kappa shape index (κ3) is 2.99. The molecule has 1 heterocycles. The Morgan fingerprint density at radius 3 is 2.80 bits per heavy atom. The number of H-pyrrole nitrogens is 1. The van der Waals surface area contributed by atoms with Crippen LogP contribution in [0.5, 0.6) is 0 Å². The summed E-state index contributed by atoms with van der Waals surface area (Å²) >= 11 is 0. The summed E-state index contributed by atoms with van der Waals surface area (Å²) in [6.07, 6.45) is 2.44. The number of nitrogen functional groups attached to an aromatic ring is 1. The van der Waals surface area contributed by atoms with Gasteiger partial charge in [-0.25, -0.2) is 0 Å². The van der Waals surface area contributed by atoms with Gasteiger partial charge in [-0.3, -0.25) is 4.79 Å². The van der Waals surface area contributed by atoms with Crippen LogP contribution in [-0.4, -0.2) is 40.6 Å². The molecule has 4 N–H and O–H groups in total. The van der Waals surface area contributed by atoms with E-state index in [9.17, 15) is 4.79 Å². The topological polar surface area (TPSA) is 82.3 Å². The Labute approximate surface area is 88.9 Å². The molecule has 0 aromatic carbocycles. The van der Waals surface area contributed by atoms with Crippen molar-refractivity contribution in [1.82, 2.24) is 9.88 Å². The Hall–Kier alpha value is -1.49. The summed E-state index contributed by atoms with van der Waals surface area (Å²) in [4.78, 5) is 16.3. The fourth-order valence-corrected chi connectivity index (χ4v) is 1.41. The van der Waals surface area contributed by atoms with Gasteiger partial charge in [0.15, 0.2) is 0 Å². The summed E-state index contributed by atoms with van der Waals surface area (Å²) in [7, 11) is 0. The molecule has 0 bridgehead atoms. The van der Waals surface area contributed by atoms with Crippen molar-refractivity contribution in [3.05, 3.63) is 18.0 Å². The van der Waals surface area contributed by atoms with E-state index in [4.69, 9.17) is 10.8 Å². The smallest absolute Gasteiger partial charge is 0.270 e. The molecule has 0 atom stereocenters. The van der Waals surface area contributed by atoms with Gasteiger partial charge in [0, 0.05) is 25.0 Å². The van der Waals surface area contributed by atoms with Crippen molar-refractivity contribution >= 4 is 11.6 Å². The fourth-order valence-electron chi connectivity index (χ4n) is 1.41. The number of hydrogen-bond acceptors (Lipinski definition) is 3. The average Bonchev–Trinajstić information content (AvgIpc) is 2.63. The molecular weight excluding hydrogens is 194 g/mol. The zero-order valence-electron chi connectivity index (χ0n) is 8.86. The summed E-state index contributed by atoms with van der Waals surface area (Å²) in [6.45, 7) is 2.95. The molecule has 1 aromatic heterocycles. The number of nitrogens with two attached hydrogens (primary N) is 1. The number of carbonyl (C=O) groups excluding carboxylic acids is 1. The third-order valence-corrected chi connectivity index (χ3v) is 2.09. The lowest BCUT2D eigenvalue weighted by Gasteiger charge is -2.20. The minimum absolute atomic E-state index is 0.0259. The maximum atomic E-state index is 11.9. The van der Waals surface area contributed by atoms with Crippen molar-refractivity contribution in [1.29, 1.82) is 0 Å². The van der Waals surface area contributed by atoms with Gasteiger partial charge in [-0.15, -0.1) is 0 Å². The highest BCUT2D eigenvalue weighted by Crippen LogP contribution is 2.08. The Balaban J connectivity index is 2.71. The summed E-state index contributed by atoms with van der Waals surface area (Å²) in [5.74, 6) is -0.123. The van der Waals surface area contributed by atoms with Crippen LogP contribution in [0.4, 0.5) is 5.69 Å². The molecular formula is C10H17N3O2. The number of aromatic nitrogens is 1. The van der Waals surface area contributed by atoms with Crippen molar-refractivity contribution in [2.24, 2.45) is 0 Å². The van der Waals surface area contributed by atoms with Crippen LogP contribution in [0.25, 0.3) is 0 Å². The second-order valence-corrected chi connectivity index (χ2v) is 3.36. The van der Waals surface area contributed by atoms with Crippen LogP contribution in [0.2, 0.25) is 0 Å². The maximum Gasteiger partial charge on any atom is 0.270 e. The van der Waals surface area contributed by atoms with Gasteiger partial charge in [-0.2, -0.15) is 0 Å². The number of aliphatic hydroxyl groups is 1. The van der Waals surface area contributed by atoms with Crippen LogP contribution < -0.4 is 5.73 Å². The molecule has 0 aliphatic rings. The number of aliphatic hydroxyl groups excluding tert-OH is 1.